The van der Waals surface area contributed by atoms with Gasteiger partial charge < -0.3 is 10.2 Å². The second-order valence-electron chi connectivity index (χ2n) is 5.70. The molecular weight excluding hydrogens is 348 g/mol. The fraction of sp³-hybridized carbons (Fsp3) is 0.250. The minimum atomic E-state index is -3.89. The molecular formula is C16H19N2O6S+. The summed E-state index contributed by atoms with van der Waals surface area (Å²) in [5.41, 5.74) is 0.0457. The number of aryl methyl sites for hydroxylation is 1. The highest BCUT2D eigenvalue weighted by molar-refractivity contribution is 7.90. The van der Waals surface area contributed by atoms with Crippen molar-refractivity contribution < 1.29 is 23.4 Å². The molecule has 0 saturated heterocycles. The van der Waals surface area contributed by atoms with Crippen LogP contribution in [0, 0.1) is 6.92 Å². The third-order valence-electron chi connectivity index (χ3n) is 3.56. The van der Waals surface area contributed by atoms with Crippen LogP contribution in [-0.4, -0.2) is 47.1 Å². The summed E-state index contributed by atoms with van der Waals surface area (Å²) in [6.45, 7) is 1.55. The predicted octanol–water partition coefficient (Wildman–Crippen LogP) is 0.773. The van der Waals surface area contributed by atoms with Gasteiger partial charge in [-0.15, -0.1) is 0 Å². The van der Waals surface area contributed by atoms with E-state index in [1.165, 1.54) is 30.1 Å². The Balaban J connectivity index is 2.41. The normalized spacial score (nSPS) is 13.6. The first-order valence-corrected chi connectivity index (χ1v) is 8.78. The molecule has 0 saturated carbocycles. The number of rotatable bonds is 6. The maximum Gasteiger partial charge on any atom is 0.405 e. The number of hydrogen-bond acceptors (Lipinski definition) is 5. The average molecular weight is 367 g/mol. The lowest BCUT2D eigenvalue weighted by Crippen LogP contribution is -2.29. The van der Waals surface area contributed by atoms with Crippen LogP contribution in [0.4, 0.5) is 0 Å². The van der Waals surface area contributed by atoms with E-state index in [-0.39, 0.29) is 23.5 Å². The summed E-state index contributed by atoms with van der Waals surface area (Å²) >= 11 is 0. The Kier molecular flexibility index (Phi) is 5.29. The minimum Gasteiger partial charge on any atom is -0.503 e. The van der Waals surface area contributed by atoms with Gasteiger partial charge in [-0.25, -0.2) is 4.21 Å². The van der Waals surface area contributed by atoms with Crippen LogP contribution in [0.5, 0.6) is 5.75 Å². The van der Waals surface area contributed by atoms with Crippen molar-refractivity contribution in [2.75, 3.05) is 13.6 Å². The first-order valence-electron chi connectivity index (χ1n) is 7.30. The lowest BCUT2D eigenvalue weighted by atomic mass is 10.2. The molecule has 0 aliphatic carbocycles. The number of carboxylic acid groups (broad SMARTS) is 1. The van der Waals surface area contributed by atoms with Gasteiger partial charge in [0.1, 0.15) is 4.90 Å². The number of pyridine rings is 1. The van der Waals surface area contributed by atoms with E-state index in [1.807, 2.05) is 6.92 Å². The van der Waals surface area contributed by atoms with Gasteiger partial charge in [0.05, 0.1) is 6.54 Å². The predicted molar refractivity (Wildman–Crippen MR) is 91.3 cm³/mol. The van der Waals surface area contributed by atoms with Crippen molar-refractivity contribution in [2.45, 2.75) is 18.4 Å². The van der Waals surface area contributed by atoms with Crippen LogP contribution < -0.4 is 5.56 Å². The van der Waals surface area contributed by atoms with Crippen molar-refractivity contribution in [2.24, 2.45) is 0 Å². The summed E-state index contributed by atoms with van der Waals surface area (Å²) in [5.74, 6) is -1.73. The quantitative estimate of drug-likeness (QED) is 0.728. The van der Waals surface area contributed by atoms with Gasteiger partial charge in [-0.05, 0) is 32.2 Å². The number of aromatic hydroxyl groups is 1. The van der Waals surface area contributed by atoms with Crippen LogP contribution in [0.1, 0.15) is 11.1 Å². The molecule has 0 radical (unpaired) electrons. The molecule has 0 bridgehead atoms. The van der Waals surface area contributed by atoms with Crippen LogP contribution in [0.15, 0.2) is 46.2 Å². The zero-order valence-electron chi connectivity index (χ0n) is 13.7. The SMILES string of the molecule is Cc1ccc(S(=O)(=[OH+])n2ccc(CN(C)CC(=O)O)c(O)c2=O)cc1. The topological polar surface area (TPSA) is 121 Å². The Morgan fingerprint density at radius 3 is 2.44 bits per heavy atom. The standard InChI is InChI=1S/C16H18N2O6S/c1-11-3-5-13(6-4-11)25(23,24)18-8-7-12(15(21)16(18)22)9-17(2)10-14(19)20/h3-8,21H,9-10H2,1-2H3,(H,19,20)/p+1. The molecule has 9 heteroatoms. The zero-order valence-corrected chi connectivity index (χ0v) is 14.6. The van der Waals surface area contributed by atoms with Gasteiger partial charge in [-0.1, -0.05) is 17.7 Å². The molecule has 0 aliphatic heterocycles. The molecule has 1 unspecified atom stereocenters. The highest BCUT2D eigenvalue weighted by Crippen LogP contribution is 2.17. The summed E-state index contributed by atoms with van der Waals surface area (Å²) in [6, 6.07) is 7.49. The van der Waals surface area contributed by atoms with Gasteiger partial charge >= 0.3 is 21.6 Å². The van der Waals surface area contributed by atoms with Crippen molar-refractivity contribution in [3.63, 3.8) is 0 Å². The number of hydrogen-bond donors (Lipinski definition) is 2. The molecule has 2 aromatic rings. The van der Waals surface area contributed by atoms with Crippen LogP contribution in [0.2, 0.25) is 0 Å². The van der Waals surface area contributed by atoms with E-state index in [4.69, 9.17) is 5.11 Å². The molecule has 0 amide bonds. The summed E-state index contributed by atoms with van der Waals surface area (Å²) in [5, 5.41) is 18.8. The monoisotopic (exact) mass is 367 g/mol. The van der Waals surface area contributed by atoms with E-state index >= 15 is 0 Å². The molecule has 8 nitrogen and oxygen atoms in total. The van der Waals surface area contributed by atoms with Crippen molar-refractivity contribution in [3.05, 3.63) is 58.0 Å². The number of aliphatic carboxylic acids is 1. The molecule has 2 rings (SSSR count). The Bertz CT molecular complexity index is 948. The largest absolute Gasteiger partial charge is 0.503 e. The van der Waals surface area contributed by atoms with Crippen molar-refractivity contribution >= 4 is 16.0 Å². The molecule has 3 N–H and O–H groups in total. The number of nitrogens with zero attached hydrogens (tertiary/aromatic N) is 2. The van der Waals surface area contributed by atoms with Gasteiger partial charge in [0, 0.05) is 18.3 Å². The van der Waals surface area contributed by atoms with Crippen LogP contribution in [-0.2, 0) is 21.4 Å². The van der Waals surface area contributed by atoms with Crippen molar-refractivity contribution in [3.8, 4) is 5.75 Å². The first kappa shape index (κ1) is 18.7. The number of carboxylic acids is 1. The van der Waals surface area contributed by atoms with Crippen LogP contribution in [0.3, 0.4) is 0 Å². The Morgan fingerprint density at radius 1 is 1.28 bits per heavy atom. The summed E-state index contributed by atoms with van der Waals surface area (Å²) in [7, 11) is -2.37. The highest BCUT2D eigenvalue weighted by atomic mass is 32.2. The second kappa shape index (κ2) is 7.08. The van der Waals surface area contributed by atoms with E-state index in [9.17, 15) is 23.1 Å². The van der Waals surface area contributed by atoms with E-state index in [2.05, 4.69) is 0 Å². The molecule has 1 atom stereocenters. The maximum absolute atomic E-state index is 12.7. The third kappa shape index (κ3) is 4.06. The Labute approximate surface area is 144 Å². The zero-order chi connectivity index (χ0) is 18.8. The van der Waals surface area contributed by atoms with E-state index in [0.29, 0.717) is 3.97 Å². The Hall–Kier alpha value is -2.65. The molecule has 0 spiro atoms. The Morgan fingerprint density at radius 2 is 1.88 bits per heavy atom. The fourth-order valence-electron chi connectivity index (χ4n) is 2.28. The first-order chi connectivity index (χ1) is 11.6. The molecule has 0 fully saturated rings. The number of likely N-dealkylation sites (N-methyl/N-ethyl adjacent to an activating group) is 1. The molecule has 134 valence electrons. The summed E-state index contributed by atoms with van der Waals surface area (Å²) < 4.78 is 23.6. The summed E-state index contributed by atoms with van der Waals surface area (Å²) in [4.78, 5) is 24.4. The van der Waals surface area contributed by atoms with E-state index in [1.54, 1.807) is 12.1 Å². The van der Waals surface area contributed by atoms with Crippen molar-refractivity contribution in [1.29, 1.82) is 0 Å². The lowest BCUT2D eigenvalue weighted by molar-refractivity contribution is -0.138. The smallest absolute Gasteiger partial charge is 0.405 e. The van der Waals surface area contributed by atoms with E-state index in [0.717, 1.165) is 11.8 Å². The van der Waals surface area contributed by atoms with Gasteiger partial charge in [0.2, 0.25) is 0 Å². The van der Waals surface area contributed by atoms with Crippen LogP contribution >= 0.6 is 0 Å². The number of aromatic nitrogens is 1. The van der Waals surface area contributed by atoms with E-state index < -0.39 is 27.3 Å². The molecule has 25 heavy (non-hydrogen) atoms. The fourth-order valence-corrected chi connectivity index (χ4v) is 3.53. The van der Waals surface area contributed by atoms with Gasteiger partial charge in [0.15, 0.2) is 5.75 Å². The van der Waals surface area contributed by atoms with Gasteiger partial charge in [0.25, 0.3) is 0 Å². The van der Waals surface area contributed by atoms with Crippen molar-refractivity contribution in [1.82, 2.24) is 8.87 Å². The molecule has 1 aromatic carbocycles. The third-order valence-corrected chi connectivity index (χ3v) is 5.27. The lowest BCUT2D eigenvalue weighted by Gasteiger charge is -2.15. The molecule has 1 aromatic heterocycles. The van der Waals surface area contributed by atoms with Crippen LogP contribution in [0.25, 0.3) is 0 Å². The van der Waals surface area contributed by atoms with Gasteiger partial charge in [-0.2, -0.15) is 8.18 Å². The number of carbonyl (C=O) groups is 1. The molecule has 0 aliphatic rings. The van der Waals surface area contributed by atoms with Gasteiger partial charge in [-0.3, -0.25) is 14.5 Å². The minimum absolute atomic E-state index is 0.00532. The maximum atomic E-state index is 12.7. The highest BCUT2D eigenvalue weighted by Gasteiger charge is 2.26. The second-order valence-corrected chi connectivity index (χ2v) is 7.55. The summed E-state index contributed by atoms with van der Waals surface area (Å²) in [6.07, 6.45) is 1.12. The average Bonchev–Trinajstić information content (AvgIpc) is 2.51. The molecule has 1 heterocycles. The number of benzene rings is 1.